The summed E-state index contributed by atoms with van der Waals surface area (Å²) in [5, 5.41) is 5.67. The lowest BCUT2D eigenvalue weighted by molar-refractivity contribution is -0.140. The fraction of sp³-hybridized carbons (Fsp3) is 0.321. The number of anilines is 3. The standard InChI is InChI=1S/C56H56N6O10/c1-32-18-42-44(57-28-40-23-37-12-6-8-14-46(37)61(40)55(42)67)26-49(32)71-30-35-20-36(22-39(21-35)60-54(66)33(2)19-48(63)34(3)59-52(64)16-10-11-17-53(65)70-5)31-72-51-27-45-43(25-50(51)69-4)56(68)62-41(29-58-45)24-38-13-7-9-15-47(38)62/h6-9,12-15,18,20-22,25-29,33-34,40-41H,10-11,16-17,19,23-24,30-31H2,1-5H3,(H,59,64)(H,60,66)/t33-,34-,40-,41-/m0/s1. The first kappa shape index (κ1) is 48.9. The van der Waals surface area contributed by atoms with Crippen molar-refractivity contribution in [1.29, 1.82) is 0 Å². The smallest absolute Gasteiger partial charge is 0.305 e. The second-order valence-corrected chi connectivity index (χ2v) is 18.6. The van der Waals surface area contributed by atoms with Crippen molar-refractivity contribution >= 4 is 76.2 Å². The van der Waals surface area contributed by atoms with Gasteiger partial charge in [-0.25, -0.2) is 0 Å². The van der Waals surface area contributed by atoms with Crippen molar-refractivity contribution in [3.8, 4) is 17.2 Å². The number of carbonyl (C=O) groups is 6. The average molecular weight is 973 g/mol. The molecule has 0 bridgehead atoms. The van der Waals surface area contributed by atoms with E-state index in [0.717, 1.165) is 28.1 Å². The van der Waals surface area contributed by atoms with Crippen LogP contribution in [0.5, 0.6) is 17.2 Å². The van der Waals surface area contributed by atoms with Gasteiger partial charge in [0, 0.05) is 79.6 Å². The molecule has 9 rings (SSSR count). The molecule has 0 radical (unpaired) electrons. The summed E-state index contributed by atoms with van der Waals surface area (Å²) in [6.07, 6.45) is 6.10. The largest absolute Gasteiger partial charge is 0.493 e. The van der Waals surface area contributed by atoms with E-state index in [1.807, 2.05) is 67.7 Å². The normalized spacial score (nSPS) is 16.7. The number of ketones is 1. The number of hydrogen-bond donors (Lipinski definition) is 2. The molecule has 16 nitrogen and oxygen atoms in total. The number of amides is 4. The van der Waals surface area contributed by atoms with Crippen LogP contribution < -0.4 is 34.6 Å². The molecule has 16 heteroatoms. The Hall–Kier alpha value is -8.14. The zero-order valence-corrected chi connectivity index (χ0v) is 40.9. The molecule has 5 aromatic carbocycles. The lowest BCUT2D eigenvalue weighted by Gasteiger charge is -2.22. The number of carbonyl (C=O) groups excluding carboxylic acids is 6. The molecular formula is C56H56N6O10. The number of benzene rings is 5. The number of unbranched alkanes of at least 4 members (excludes halogenated alkanes) is 1. The third-order valence-electron chi connectivity index (χ3n) is 13.5. The van der Waals surface area contributed by atoms with Gasteiger partial charge in [-0.1, -0.05) is 43.3 Å². The molecule has 0 aliphatic carbocycles. The number of aliphatic imine (C=N–C) groups is 2. The van der Waals surface area contributed by atoms with Gasteiger partial charge in [0.1, 0.15) is 19.0 Å². The van der Waals surface area contributed by atoms with Crippen LogP contribution in [0.25, 0.3) is 0 Å². The Morgan fingerprint density at radius 1 is 0.694 bits per heavy atom. The minimum Gasteiger partial charge on any atom is -0.493 e. The number of nitrogens with one attached hydrogen (secondary N) is 2. The molecule has 0 aromatic heterocycles. The van der Waals surface area contributed by atoms with Crippen LogP contribution in [-0.2, 0) is 50.0 Å². The summed E-state index contributed by atoms with van der Waals surface area (Å²) in [5.41, 5.74) is 8.20. The first-order chi connectivity index (χ1) is 34.8. The fourth-order valence-electron chi connectivity index (χ4n) is 9.60. The highest BCUT2D eigenvalue weighted by molar-refractivity contribution is 6.16. The van der Waals surface area contributed by atoms with Crippen LogP contribution in [-0.4, -0.2) is 80.2 Å². The summed E-state index contributed by atoms with van der Waals surface area (Å²) in [5.74, 6) is -1.27. The zero-order chi connectivity index (χ0) is 50.6. The molecule has 0 fully saturated rings. The van der Waals surface area contributed by atoms with E-state index < -0.39 is 17.9 Å². The topological polar surface area (TPSA) is 195 Å². The number of nitrogens with zero attached hydrogens (tertiary/aromatic N) is 4. The van der Waals surface area contributed by atoms with Crippen LogP contribution in [0.1, 0.15) is 94.5 Å². The van der Waals surface area contributed by atoms with E-state index in [-0.39, 0.29) is 74.0 Å². The number of para-hydroxylation sites is 2. The van der Waals surface area contributed by atoms with Crippen LogP contribution in [0.2, 0.25) is 0 Å². The second-order valence-electron chi connectivity index (χ2n) is 18.6. The molecule has 0 spiro atoms. The Balaban J connectivity index is 0.924. The molecule has 72 heavy (non-hydrogen) atoms. The van der Waals surface area contributed by atoms with E-state index in [9.17, 15) is 28.8 Å². The van der Waals surface area contributed by atoms with Crippen LogP contribution in [0.3, 0.4) is 0 Å². The first-order valence-electron chi connectivity index (χ1n) is 24.1. The number of Topliss-reactive ketones (excluding diaryl/α,β-unsaturated/α-hetero) is 1. The molecule has 4 aliphatic rings. The van der Waals surface area contributed by atoms with Crippen molar-refractivity contribution in [2.45, 2.75) is 97.1 Å². The SMILES string of the molecule is COC(=O)CCCCC(=O)N[C@@H](C)C(=O)C[C@H](C)C(=O)Nc1cc(COc2cc3c(cc2C)C(=O)N2c4ccccc4C[C@H]2C=N3)cc(COc2cc3c(cc2OC)C(=O)N2c4ccccc4C[C@H]2C=N3)c1. The number of hydrogen-bond acceptors (Lipinski definition) is 12. The molecule has 5 aromatic rings. The number of aryl methyl sites for hydroxylation is 1. The monoisotopic (exact) mass is 972 g/mol. The van der Waals surface area contributed by atoms with E-state index in [2.05, 4.69) is 15.4 Å². The number of methoxy groups -OCH3 is 2. The molecule has 4 heterocycles. The molecule has 4 atom stereocenters. The number of esters is 1. The summed E-state index contributed by atoms with van der Waals surface area (Å²) in [4.78, 5) is 92.1. The molecule has 370 valence electrons. The van der Waals surface area contributed by atoms with Gasteiger partial charge in [-0.3, -0.25) is 48.6 Å². The quantitative estimate of drug-likeness (QED) is 0.0635. The highest BCUT2D eigenvalue weighted by atomic mass is 16.5. The van der Waals surface area contributed by atoms with Gasteiger partial charge in [0.05, 0.1) is 54.8 Å². The van der Waals surface area contributed by atoms with Gasteiger partial charge in [0.15, 0.2) is 17.3 Å². The molecular weight excluding hydrogens is 917 g/mol. The fourth-order valence-corrected chi connectivity index (χ4v) is 9.60. The molecule has 4 aliphatic heterocycles. The summed E-state index contributed by atoms with van der Waals surface area (Å²) in [7, 11) is 2.81. The second kappa shape index (κ2) is 21.1. The maximum absolute atomic E-state index is 14.1. The summed E-state index contributed by atoms with van der Waals surface area (Å²) in [6.45, 7) is 5.17. The molecule has 4 amide bonds. The summed E-state index contributed by atoms with van der Waals surface area (Å²) < 4.78 is 23.3. The van der Waals surface area contributed by atoms with Crippen LogP contribution in [0.4, 0.5) is 28.4 Å². The van der Waals surface area contributed by atoms with Crippen molar-refractivity contribution in [2.24, 2.45) is 15.9 Å². The van der Waals surface area contributed by atoms with Crippen molar-refractivity contribution in [3.63, 3.8) is 0 Å². The summed E-state index contributed by atoms with van der Waals surface area (Å²) in [6, 6.07) is 26.8. The predicted octanol–water partition coefficient (Wildman–Crippen LogP) is 8.51. The Labute approximate surface area is 417 Å². The van der Waals surface area contributed by atoms with Crippen molar-refractivity contribution in [1.82, 2.24) is 5.32 Å². The zero-order valence-electron chi connectivity index (χ0n) is 40.9. The Morgan fingerprint density at radius 3 is 1.85 bits per heavy atom. The Morgan fingerprint density at radius 2 is 1.25 bits per heavy atom. The van der Waals surface area contributed by atoms with Crippen LogP contribution in [0.15, 0.2) is 101 Å². The van der Waals surface area contributed by atoms with Crippen molar-refractivity contribution in [3.05, 3.63) is 130 Å². The minimum absolute atomic E-state index is 0.00901. The van der Waals surface area contributed by atoms with Gasteiger partial charge in [-0.2, -0.15) is 0 Å². The molecule has 0 saturated heterocycles. The predicted molar refractivity (Wildman–Crippen MR) is 273 cm³/mol. The van der Waals surface area contributed by atoms with E-state index in [4.69, 9.17) is 24.2 Å². The Kier molecular flexibility index (Phi) is 14.3. The maximum atomic E-state index is 14.1. The van der Waals surface area contributed by atoms with E-state index in [1.165, 1.54) is 14.2 Å². The third-order valence-corrected chi connectivity index (χ3v) is 13.5. The number of rotatable bonds is 18. The average Bonchev–Trinajstić information content (AvgIpc) is 3.87. The minimum atomic E-state index is -0.825. The summed E-state index contributed by atoms with van der Waals surface area (Å²) >= 11 is 0. The first-order valence-corrected chi connectivity index (χ1v) is 24.1. The van der Waals surface area contributed by atoms with Gasteiger partial charge in [0.2, 0.25) is 11.8 Å². The number of fused-ring (bicyclic) bond motifs is 8. The lowest BCUT2D eigenvalue weighted by Crippen LogP contribution is -2.39. The highest BCUT2D eigenvalue weighted by Crippen LogP contribution is 2.42. The third kappa shape index (κ3) is 10.3. The van der Waals surface area contributed by atoms with Crippen molar-refractivity contribution in [2.75, 3.05) is 29.3 Å². The molecule has 0 unspecified atom stereocenters. The highest BCUT2D eigenvalue weighted by Gasteiger charge is 2.38. The van der Waals surface area contributed by atoms with Crippen LogP contribution >= 0.6 is 0 Å². The van der Waals surface area contributed by atoms with Gasteiger partial charge in [0.25, 0.3) is 11.8 Å². The van der Waals surface area contributed by atoms with E-state index in [0.29, 0.717) is 82.2 Å². The molecule has 2 N–H and O–H groups in total. The van der Waals surface area contributed by atoms with Gasteiger partial charge >= 0.3 is 5.97 Å². The molecule has 0 saturated carbocycles. The van der Waals surface area contributed by atoms with Gasteiger partial charge < -0.3 is 29.6 Å². The van der Waals surface area contributed by atoms with E-state index >= 15 is 0 Å². The van der Waals surface area contributed by atoms with E-state index in [1.54, 1.807) is 66.3 Å². The van der Waals surface area contributed by atoms with Gasteiger partial charge in [-0.15, -0.1) is 0 Å². The number of ether oxygens (including phenoxy) is 4. The van der Waals surface area contributed by atoms with Gasteiger partial charge in [-0.05, 0) is 97.0 Å². The lowest BCUT2D eigenvalue weighted by atomic mass is 9.99. The maximum Gasteiger partial charge on any atom is 0.305 e. The van der Waals surface area contributed by atoms with Crippen LogP contribution in [0, 0.1) is 12.8 Å². The van der Waals surface area contributed by atoms with Crippen molar-refractivity contribution < 1.29 is 47.7 Å². The Bertz CT molecular complexity index is 3060.